The van der Waals surface area contributed by atoms with E-state index in [-0.39, 0.29) is 16.0 Å². The number of fused-ring (bicyclic) bond motifs is 1. The molecule has 1 aromatic carbocycles. The molecule has 0 aliphatic carbocycles. The van der Waals surface area contributed by atoms with Crippen LogP contribution in [0.3, 0.4) is 0 Å². The van der Waals surface area contributed by atoms with Gasteiger partial charge < -0.3 is 15.6 Å². The highest BCUT2D eigenvalue weighted by Crippen LogP contribution is 2.41. The Morgan fingerprint density at radius 3 is 2.27 bits per heavy atom. The van der Waals surface area contributed by atoms with Gasteiger partial charge in [0.25, 0.3) is 5.69 Å². The Kier molecular flexibility index (Phi) is 2.95. The fourth-order valence-electron chi connectivity index (χ4n) is 4.43. The molecule has 116 valence electrons. The summed E-state index contributed by atoms with van der Waals surface area (Å²) in [7, 11) is 0. The number of nitro benzene ring substituents is 1. The molecule has 7 heteroatoms. The Morgan fingerprint density at radius 1 is 1.18 bits per heavy atom. The third-order valence-corrected chi connectivity index (χ3v) is 5.32. The monoisotopic (exact) mass is 301 g/mol. The minimum absolute atomic E-state index is 0.123. The molecule has 2 unspecified atom stereocenters. The number of nitro groups is 1. The van der Waals surface area contributed by atoms with E-state index < -0.39 is 0 Å². The zero-order valence-electron chi connectivity index (χ0n) is 12.3. The zero-order chi connectivity index (χ0) is 15.3. The summed E-state index contributed by atoms with van der Waals surface area (Å²) < 4.78 is 0. The predicted molar refractivity (Wildman–Crippen MR) is 82.8 cm³/mol. The quantitative estimate of drug-likeness (QED) is 0.485. The van der Waals surface area contributed by atoms with E-state index in [1.165, 1.54) is 0 Å². The van der Waals surface area contributed by atoms with Crippen molar-refractivity contribution in [2.75, 3.05) is 39.3 Å². The maximum absolute atomic E-state index is 10.9. The van der Waals surface area contributed by atoms with E-state index in [9.17, 15) is 10.1 Å². The largest absolute Gasteiger partial charge is 0.323 e. The molecule has 1 aromatic rings. The highest BCUT2D eigenvalue weighted by Gasteiger charge is 2.53. The van der Waals surface area contributed by atoms with Crippen molar-refractivity contribution in [2.45, 2.75) is 5.41 Å². The molecule has 0 spiro atoms. The van der Waals surface area contributed by atoms with Gasteiger partial charge in [-0.05, 0) is 5.56 Å². The van der Waals surface area contributed by atoms with Gasteiger partial charge in [0.2, 0.25) is 0 Å². The van der Waals surface area contributed by atoms with Crippen LogP contribution in [0.15, 0.2) is 29.4 Å². The van der Waals surface area contributed by atoms with Crippen LogP contribution in [0.1, 0.15) is 5.56 Å². The van der Waals surface area contributed by atoms with Crippen molar-refractivity contribution >= 4 is 11.4 Å². The summed E-state index contributed by atoms with van der Waals surface area (Å²) in [5.74, 6) is 6.11. The van der Waals surface area contributed by atoms with E-state index in [2.05, 4.69) is 14.9 Å². The molecular weight excluding hydrogens is 282 g/mol. The smallest absolute Gasteiger partial charge is 0.269 e. The maximum atomic E-state index is 10.9. The molecule has 2 N–H and O–H groups in total. The van der Waals surface area contributed by atoms with Crippen LogP contribution in [-0.2, 0) is 5.41 Å². The van der Waals surface area contributed by atoms with Crippen LogP contribution < -0.4 is 5.84 Å². The van der Waals surface area contributed by atoms with Crippen LogP contribution in [0.25, 0.3) is 0 Å². The first-order valence-corrected chi connectivity index (χ1v) is 7.60. The number of hydrogen-bond acceptors (Lipinski definition) is 6. The maximum Gasteiger partial charge on any atom is 0.269 e. The highest BCUT2D eigenvalue weighted by atomic mass is 16.6. The van der Waals surface area contributed by atoms with Gasteiger partial charge in [0.1, 0.15) is 0 Å². The first-order valence-electron chi connectivity index (χ1n) is 7.60. The molecule has 0 saturated carbocycles. The van der Waals surface area contributed by atoms with Gasteiger partial charge in [-0.1, -0.05) is 12.1 Å². The lowest BCUT2D eigenvalue weighted by molar-refractivity contribution is -0.384. The van der Waals surface area contributed by atoms with E-state index in [0.717, 1.165) is 50.5 Å². The van der Waals surface area contributed by atoms with Gasteiger partial charge in [0.15, 0.2) is 0 Å². The van der Waals surface area contributed by atoms with Gasteiger partial charge in [0.05, 0.1) is 16.0 Å². The Hall–Kier alpha value is -1.99. The number of nitrogens with zero attached hydrogens (tertiary/aromatic N) is 4. The van der Waals surface area contributed by atoms with Gasteiger partial charge in [-0.2, -0.15) is 5.10 Å². The average molecular weight is 301 g/mol. The van der Waals surface area contributed by atoms with Crippen molar-refractivity contribution in [3.05, 3.63) is 39.9 Å². The number of piperidine rings is 2. The van der Waals surface area contributed by atoms with E-state index in [0.29, 0.717) is 5.92 Å². The minimum atomic E-state index is -0.360. The third-order valence-electron chi connectivity index (χ3n) is 5.32. The first kappa shape index (κ1) is 13.7. The number of hydrogen-bond donors (Lipinski definition) is 1. The lowest BCUT2D eigenvalue weighted by Gasteiger charge is -2.50. The Balaban J connectivity index is 1.81. The number of rotatable bonds is 2. The van der Waals surface area contributed by atoms with Crippen molar-refractivity contribution in [3.8, 4) is 0 Å². The van der Waals surface area contributed by atoms with Gasteiger partial charge in [-0.3, -0.25) is 10.1 Å². The van der Waals surface area contributed by atoms with Crippen LogP contribution in [0.2, 0.25) is 0 Å². The highest BCUT2D eigenvalue weighted by molar-refractivity contribution is 5.99. The molecule has 4 heterocycles. The second kappa shape index (κ2) is 4.76. The van der Waals surface area contributed by atoms with E-state index in [1.807, 2.05) is 12.1 Å². The fraction of sp³-hybridized carbons (Fsp3) is 0.533. The standard InChI is InChI=1S/C15H19N5O2/c16-17-14-11-7-18-5-6-19(8-11)10-15(14,9-18)12-1-3-13(4-2-12)20(21)22/h1-4,11H,5-10,16H2/b17-14+. The lowest BCUT2D eigenvalue weighted by atomic mass is 9.66. The molecule has 5 rings (SSSR count). The Labute approximate surface area is 128 Å². The third kappa shape index (κ3) is 1.85. The van der Waals surface area contributed by atoms with Crippen molar-refractivity contribution < 1.29 is 4.92 Å². The fourth-order valence-corrected chi connectivity index (χ4v) is 4.43. The first-order chi connectivity index (χ1) is 10.6. The van der Waals surface area contributed by atoms with E-state index in [1.54, 1.807) is 12.1 Å². The molecule has 4 bridgehead atoms. The summed E-state index contributed by atoms with van der Waals surface area (Å²) in [5.41, 5.74) is 2.05. The zero-order valence-corrected chi connectivity index (χ0v) is 12.3. The van der Waals surface area contributed by atoms with Crippen molar-refractivity contribution in [2.24, 2.45) is 16.9 Å². The van der Waals surface area contributed by atoms with Crippen molar-refractivity contribution in [1.82, 2.24) is 9.80 Å². The van der Waals surface area contributed by atoms with Gasteiger partial charge in [-0.25, -0.2) is 0 Å². The van der Waals surface area contributed by atoms with Gasteiger partial charge >= 0.3 is 0 Å². The van der Waals surface area contributed by atoms with Crippen LogP contribution in [0.5, 0.6) is 0 Å². The minimum Gasteiger partial charge on any atom is -0.323 e. The molecular formula is C15H19N5O2. The summed E-state index contributed by atoms with van der Waals surface area (Å²) in [6, 6.07) is 6.92. The molecule has 4 fully saturated rings. The normalized spacial score (nSPS) is 38.2. The molecule has 4 saturated heterocycles. The predicted octanol–water partition coefficient (Wildman–Crippen LogP) is 0.408. The number of hydrazone groups is 1. The van der Waals surface area contributed by atoms with Crippen molar-refractivity contribution in [3.63, 3.8) is 0 Å². The summed E-state index contributed by atoms with van der Waals surface area (Å²) in [5, 5.41) is 15.0. The molecule has 0 amide bonds. The van der Waals surface area contributed by atoms with E-state index >= 15 is 0 Å². The molecule has 4 aliphatic heterocycles. The SMILES string of the molecule is N/N=C1\C2CN3CCN(C2)CC1(c1ccc([N+](=O)[O-])cc1)C3. The molecule has 2 atom stereocenters. The molecule has 0 aromatic heterocycles. The average Bonchev–Trinajstić information content (AvgIpc) is 2.76. The van der Waals surface area contributed by atoms with Crippen LogP contribution in [0, 0.1) is 16.0 Å². The van der Waals surface area contributed by atoms with Crippen LogP contribution in [0.4, 0.5) is 5.69 Å². The number of nitrogens with two attached hydrogens (primary N) is 1. The molecule has 22 heavy (non-hydrogen) atoms. The topological polar surface area (TPSA) is 88.0 Å². The summed E-state index contributed by atoms with van der Waals surface area (Å²) >= 11 is 0. The Morgan fingerprint density at radius 2 is 1.77 bits per heavy atom. The van der Waals surface area contributed by atoms with Gasteiger partial charge in [0, 0.05) is 57.3 Å². The summed E-state index contributed by atoms with van der Waals surface area (Å²) in [4.78, 5) is 15.5. The lowest BCUT2D eigenvalue weighted by Crippen LogP contribution is -2.64. The molecule has 7 nitrogen and oxygen atoms in total. The number of non-ortho nitro benzene ring substituents is 1. The summed E-state index contributed by atoms with van der Waals surface area (Å²) in [6.45, 7) is 5.97. The molecule has 0 radical (unpaired) electrons. The number of benzene rings is 1. The molecule has 4 aliphatic rings. The second-order valence-corrected chi connectivity index (χ2v) is 6.57. The summed E-state index contributed by atoms with van der Waals surface area (Å²) in [6.07, 6.45) is 0. The van der Waals surface area contributed by atoms with Gasteiger partial charge in [-0.15, -0.1) is 0 Å². The van der Waals surface area contributed by atoms with Crippen molar-refractivity contribution in [1.29, 1.82) is 0 Å². The second-order valence-electron chi connectivity index (χ2n) is 6.57. The Bertz CT molecular complexity index is 626. The van der Waals surface area contributed by atoms with E-state index in [4.69, 9.17) is 5.84 Å². The van der Waals surface area contributed by atoms with Crippen LogP contribution >= 0.6 is 0 Å². The van der Waals surface area contributed by atoms with Crippen LogP contribution in [-0.4, -0.2) is 59.7 Å².